The number of likely N-dealkylation sites (tertiary alicyclic amines) is 1. The van der Waals surface area contributed by atoms with E-state index in [0.717, 1.165) is 61.8 Å². The van der Waals surface area contributed by atoms with E-state index in [1.807, 2.05) is 37.9 Å². The highest BCUT2D eigenvalue weighted by Gasteiger charge is 2.34. The summed E-state index contributed by atoms with van der Waals surface area (Å²) in [5.41, 5.74) is 1.91. The molecule has 28 heavy (non-hydrogen) atoms. The van der Waals surface area contributed by atoms with Crippen LogP contribution in [0.3, 0.4) is 0 Å². The molecule has 2 aromatic rings. The molecule has 0 radical (unpaired) electrons. The summed E-state index contributed by atoms with van der Waals surface area (Å²) in [6.45, 7) is 9.24. The van der Waals surface area contributed by atoms with Crippen molar-refractivity contribution in [2.75, 3.05) is 19.6 Å². The number of nitrogens with zero attached hydrogens (tertiary/aromatic N) is 4. The summed E-state index contributed by atoms with van der Waals surface area (Å²) in [5, 5.41) is 2.05. The number of fused-ring (bicyclic) bond motifs is 1. The van der Waals surface area contributed by atoms with Crippen LogP contribution in [0.4, 0.5) is 4.79 Å². The molecular weight excluding hydrogens is 372 g/mol. The van der Waals surface area contributed by atoms with Crippen molar-refractivity contribution in [1.29, 1.82) is 0 Å². The molecule has 0 bridgehead atoms. The van der Waals surface area contributed by atoms with Gasteiger partial charge in [0.2, 0.25) is 0 Å². The molecule has 7 heteroatoms. The lowest BCUT2D eigenvalue weighted by molar-refractivity contribution is 0.0192. The van der Waals surface area contributed by atoms with Gasteiger partial charge in [0, 0.05) is 50.4 Å². The summed E-state index contributed by atoms with van der Waals surface area (Å²) in [4.78, 5) is 27.3. The number of amides is 1. The maximum absolute atomic E-state index is 12.5. The van der Waals surface area contributed by atoms with Crippen LogP contribution < -0.4 is 0 Å². The maximum Gasteiger partial charge on any atom is 0.410 e. The van der Waals surface area contributed by atoms with Gasteiger partial charge >= 0.3 is 6.09 Å². The van der Waals surface area contributed by atoms with E-state index in [1.54, 1.807) is 11.3 Å². The molecule has 0 aliphatic carbocycles. The van der Waals surface area contributed by atoms with Crippen molar-refractivity contribution in [2.45, 2.75) is 58.2 Å². The lowest BCUT2D eigenvalue weighted by Crippen LogP contribution is -2.46. The van der Waals surface area contributed by atoms with E-state index in [4.69, 9.17) is 9.72 Å². The molecule has 2 aliphatic heterocycles. The third-order valence-electron chi connectivity index (χ3n) is 5.23. The van der Waals surface area contributed by atoms with Crippen LogP contribution in [0.15, 0.2) is 23.7 Å². The normalized spacial score (nSPS) is 20.2. The van der Waals surface area contributed by atoms with Gasteiger partial charge < -0.3 is 9.64 Å². The summed E-state index contributed by atoms with van der Waals surface area (Å²) in [6, 6.07) is 4.32. The van der Waals surface area contributed by atoms with Crippen molar-refractivity contribution in [2.24, 2.45) is 0 Å². The largest absolute Gasteiger partial charge is 0.444 e. The predicted octanol–water partition coefficient (Wildman–Crippen LogP) is 3.96. The summed E-state index contributed by atoms with van der Waals surface area (Å²) in [7, 11) is 0. The van der Waals surface area contributed by atoms with E-state index >= 15 is 0 Å². The second-order valence-corrected chi connectivity index (χ2v) is 9.55. The first kappa shape index (κ1) is 19.3. The molecule has 2 aliphatic rings. The van der Waals surface area contributed by atoms with E-state index < -0.39 is 5.60 Å². The van der Waals surface area contributed by atoms with Crippen LogP contribution in [0.1, 0.15) is 44.9 Å². The monoisotopic (exact) mass is 400 g/mol. The molecule has 0 aromatic carbocycles. The van der Waals surface area contributed by atoms with Crippen molar-refractivity contribution in [3.8, 4) is 10.7 Å². The number of hydrogen-bond donors (Lipinski definition) is 0. The Labute approximate surface area is 170 Å². The molecular formula is C21H28N4O2S. The standard InChI is InChI=1S/C21H28N4O2S/c1-21(2,3)27-20(26)25-9-4-6-16(25)14-24-10-8-17-15(13-24)12-22-19(23-17)18-7-5-11-28-18/h5,7,11-12,16H,4,6,8-10,13-14H2,1-3H3. The minimum Gasteiger partial charge on any atom is -0.444 e. The summed E-state index contributed by atoms with van der Waals surface area (Å²) < 4.78 is 5.60. The minimum atomic E-state index is -0.452. The number of ether oxygens (including phenoxy) is 1. The molecule has 6 nitrogen and oxygen atoms in total. The molecule has 0 saturated carbocycles. The van der Waals surface area contributed by atoms with Gasteiger partial charge in [0.15, 0.2) is 5.82 Å². The molecule has 1 unspecified atom stereocenters. The lowest BCUT2D eigenvalue weighted by Gasteiger charge is -2.34. The van der Waals surface area contributed by atoms with Crippen LogP contribution in [0.25, 0.3) is 10.7 Å². The van der Waals surface area contributed by atoms with Gasteiger partial charge in [-0.15, -0.1) is 11.3 Å². The fourth-order valence-electron chi connectivity index (χ4n) is 3.94. The Morgan fingerprint density at radius 1 is 1.36 bits per heavy atom. The molecule has 0 N–H and O–H groups in total. The van der Waals surface area contributed by atoms with E-state index in [2.05, 4.69) is 21.3 Å². The molecule has 4 heterocycles. The van der Waals surface area contributed by atoms with Gasteiger partial charge in [-0.2, -0.15) is 0 Å². The summed E-state index contributed by atoms with van der Waals surface area (Å²) in [6.07, 6.45) is 4.80. The second kappa shape index (κ2) is 7.79. The Morgan fingerprint density at radius 3 is 2.96 bits per heavy atom. The highest BCUT2D eigenvalue weighted by Crippen LogP contribution is 2.26. The average molecular weight is 401 g/mol. The van der Waals surface area contributed by atoms with Crippen LogP contribution >= 0.6 is 11.3 Å². The Bertz CT molecular complexity index is 831. The number of hydrogen-bond acceptors (Lipinski definition) is 6. The van der Waals surface area contributed by atoms with Crippen molar-refractivity contribution in [3.63, 3.8) is 0 Å². The van der Waals surface area contributed by atoms with E-state index in [0.29, 0.717) is 0 Å². The molecule has 1 amide bonds. The van der Waals surface area contributed by atoms with Crippen molar-refractivity contribution < 1.29 is 9.53 Å². The number of aromatic nitrogens is 2. The number of thiophene rings is 1. The number of carbonyl (C=O) groups is 1. The van der Waals surface area contributed by atoms with Gasteiger partial charge in [-0.05, 0) is 45.1 Å². The highest BCUT2D eigenvalue weighted by molar-refractivity contribution is 7.13. The van der Waals surface area contributed by atoms with E-state index in [9.17, 15) is 4.79 Å². The topological polar surface area (TPSA) is 58.6 Å². The average Bonchev–Trinajstić information content (AvgIpc) is 3.31. The molecule has 4 rings (SSSR count). The van der Waals surface area contributed by atoms with Crippen molar-refractivity contribution in [1.82, 2.24) is 19.8 Å². The number of rotatable bonds is 3. The zero-order valence-electron chi connectivity index (χ0n) is 16.9. The smallest absolute Gasteiger partial charge is 0.410 e. The zero-order chi connectivity index (χ0) is 19.7. The molecule has 1 fully saturated rings. The third-order valence-corrected chi connectivity index (χ3v) is 6.09. The molecule has 1 saturated heterocycles. The Balaban J connectivity index is 1.40. The van der Waals surface area contributed by atoms with Gasteiger partial charge in [-0.3, -0.25) is 4.90 Å². The third kappa shape index (κ3) is 4.36. The first-order chi connectivity index (χ1) is 13.4. The quantitative estimate of drug-likeness (QED) is 0.780. The van der Waals surface area contributed by atoms with Crippen molar-refractivity contribution >= 4 is 17.4 Å². The predicted molar refractivity (Wildman–Crippen MR) is 110 cm³/mol. The highest BCUT2D eigenvalue weighted by atomic mass is 32.1. The molecule has 2 aromatic heterocycles. The van der Waals surface area contributed by atoms with Crippen molar-refractivity contribution in [3.05, 3.63) is 35.0 Å². The van der Waals surface area contributed by atoms with Crippen LogP contribution in [0, 0.1) is 0 Å². The summed E-state index contributed by atoms with van der Waals surface area (Å²) in [5.74, 6) is 0.828. The lowest BCUT2D eigenvalue weighted by atomic mass is 10.1. The second-order valence-electron chi connectivity index (χ2n) is 8.60. The van der Waals surface area contributed by atoms with Gasteiger partial charge in [0.1, 0.15) is 5.60 Å². The van der Waals surface area contributed by atoms with Crippen LogP contribution in [-0.4, -0.2) is 57.1 Å². The molecule has 0 spiro atoms. The molecule has 150 valence electrons. The minimum absolute atomic E-state index is 0.184. The SMILES string of the molecule is CC(C)(C)OC(=O)N1CCCC1CN1CCc2nc(-c3cccs3)ncc2C1. The fourth-order valence-corrected chi connectivity index (χ4v) is 4.60. The summed E-state index contributed by atoms with van der Waals surface area (Å²) >= 11 is 1.67. The number of carbonyl (C=O) groups excluding carboxylic acids is 1. The zero-order valence-corrected chi connectivity index (χ0v) is 17.7. The first-order valence-electron chi connectivity index (χ1n) is 10.00. The van der Waals surface area contributed by atoms with Gasteiger partial charge in [0.25, 0.3) is 0 Å². The van der Waals surface area contributed by atoms with Crippen LogP contribution in [0.5, 0.6) is 0 Å². The van der Waals surface area contributed by atoms with Crippen LogP contribution in [-0.2, 0) is 17.7 Å². The van der Waals surface area contributed by atoms with Gasteiger partial charge in [-0.1, -0.05) is 6.07 Å². The molecule has 1 atom stereocenters. The first-order valence-corrected chi connectivity index (χ1v) is 10.9. The van der Waals surface area contributed by atoms with Gasteiger partial charge in [0.05, 0.1) is 10.6 Å². The fraction of sp³-hybridized carbons (Fsp3) is 0.571. The Hall–Kier alpha value is -1.99. The van der Waals surface area contributed by atoms with Gasteiger partial charge in [-0.25, -0.2) is 14.8 Å². The maximum atomic E-state index is 12.5. The van der Waals surface area contributed by atoms with E-state index in [1.165, 1.54) is 5.56 Å². The Morgan fingerprint density at radius 2 is 2.21 bits per heavy atom. The van der Waals surface area contributed by atoms with Crippen LogP contribution in [0.2, 0.25) is 0 Å². The Kier molecular flexibility index (Phi) is 5.38. The van der Waals surface area contributed by atoms with E-state index in [-0.39, 0.29) is 12.1 Å².